The van der Waals surface area contributed by atoms with Gasteiger partial charge in [-0.25, -0.2) is 4.39 Å². The molecule has 31 heavy (non-hydrogen) atoms. The molecule has 0 unspecified atom stereocenters. The van der Waals surface area contributed by atoms with Crippen LogP contribution in [0.5, 0.6) is 0 Å². The fraction of sp³-hybridized carbons (Fsp3) is 0.364. The van der Waals surface area contributed by atoms with Crippen LogP contribution in [0.3, 0.4) is 0 Å². The third kappa shape index (κ3) is 6.24. The molecule has 0 heterocycles. The Morgan fingerprint density at radius 3 is 2.52 bits per heavy atom. The maximum Gasteiger partial charge on any atom is 0.292 e. The van der Waals surface area contributed by atoms with Crippen LogP contribution in [0.15, 0.2) is 42.5 Å². The molecule has 3 rings (SSSR count). The minimum absolute atomic E-state index is 0.0337. The zero-order valence-electron chi connectivity index (χ0n) is 17.0. The fourth-order valence-electron chi connectivity index (χ4n) is 3.61. The summed E-state index contributed by atoms with van der Waals surface area (Å²) in [6, 6.07) is 10.2. The molecule has 2 amide bonds. The molecule has 8 nitrogen and oxygen atoms in total. The summed E-state index contributed by atoms with van der Waals surface area (Å²) in [6.45, 7) is 0.184. The molecule has 0 spiro atoms. The van der Waals surface area contributed by atoms with Crippen molar-refractivity contribution in [2.24, 2.45) is 5.92 Å². The highest BCUT2D eigenvalue weighted by atomic mass is 19.1. The highest BCUT2D eigenvalue weighted by Crippen LogP contribution is 2.27. The Morgan fingerprint density at radius 2 is 1.77 bits per heavy atom. The van der Waals surface area contributed by atoms with Gasteiger partial charge in [-0.15, -0.1) is 0 Å². The fourth-order valence-corrected chi connectivity index (χ4v) is 3.61. The lowest BCUT2D eigenvalue weighted by molar-refractivity contribution is -0.384. The van der Waals surface area contributed by atoms with Gasteiger partial charge in [-0.1, -0.05) is 31.4 Å². The number of hydrogen-bond acceptors (Lipinski definition) is 5. The molecule has 1 saturated carbocycles. The van der Waals surface area contributed by atoms with Crippen LogP contribution in [0.4, 0.5) is 27.1 Å². The van der Waals surface area contributed by atoms with Crippen LogP contribution >= 0.6 is 0 Å². The Hall–Kier alpha value is -3.49. The normalized spacial score (nSPS) is 14.0. The zero-order chi connectivity index (χ0) is 22.2. The van der Waals surface area contributed by atoms with E-state index in [-0.39, 0.29) is 42.1 Å². The quantitative estimate of drug-likeness (QED) is 0.417. The van der Waals surface area contributed by atoms with Gasteiger partial charge in [-0.2, -0.15) is 0 Å². The molecule has 9 heteroatoms. The Bertz CT molecular complexity index is 960. The number of nitro groups is 1. The minimum atomic E-state index is -0.569. The van der Waals surface area contributed by atoms with Crippen LogP contribution in [-0.2, 0) is 9.59 Å². The van der Waals surface area contributed by atoms with Crippen LogP contribution in [0.25, 0.3) is 0 Å². The van der Waals surface area contributed by atoms with Crippen molar-refractivity contribution in [1.82, 2.24) is 0 Å². The van der Waals surface area contributed by atoms with E-state index in [1.54, 1.807) is 18.2 Å². The Kier molecular flexibility index (Phi) is 7.53. The lowest BCUT2D eigenvalue weighted by atomic mass is 9.88. The molecule has 164 valence electrons. The molecule has 0 aliphatic heterocycles. The molecular formula is C22H25FN4O4. The highest BCUT2D eigenvalue weighted by molar-refractivity contribution is 5.95. The van der Waals surface area contributed by atoms with Crippen molar-refractivity contribution in [3.05, 3.63) is 58.4 Å². The molecule has 1 fully saturated rings. The van der Waals surface area contributed by atoms with E-state index >= 15 is 0 Å². The molecule has 0 atom stereocenters. The number of carbonyl (C=O) groups is 2. The summed E-state index contributed by atoms with van der Waals surface area (Å²) in [7, 11) is 0. The van der Waals surface area contributed by atoms with Gasteiger partial charge in [0.05, 0.1) is 10.6 Å². The standard InChI is InChI=1S/C22H25FN4O4/c23-17-11-10-16(14-19(17)26-22(29)15-6-2-1-3-7-15)25-21(28)12-13-24-18-8-4-5-9-20(18)27(30)31/h4-5,8-11,14-15,24H,1-3,6-7,12-13H2,(H,25,28)(H,26,29). The van der Waals surface area contributed by atoms with Gasteiger partial charge in [0, 0.05) is 30.6 Å². The number of nitrogens with one attached hydrogen (secondary N) is 3. The van der Waals surface area contributed by atoms with Gasteiger partial charge in [0.2, 0.25) is 11.8 Å². The molecule has 0 bridgehead atoms. The molecule has 0 saturated heterocycles. The second kappa shape index (κ2) is 10.5. The van der Waals surface area contributed by atoms with Crippen LogP contribution < -0.4 is 16.0 Å². The van der Waals surface area contributed by atoms with Crippen LogP contribution in [0, 0.1) is 21.8 Å². The van der Waals surface area contributed by atoms with E-state index in [1.807, 2.05) is 0 Å². The van der Waals surface area contributed by atoms with E-state index in [2.05, 4.69) is 16.0 Å². The summed E-state index contributed by atoms with van der Waals surface area (Å²) in [5, 5.41) is 19.2. The van der Waals surface area contributed by atoms with Crippen molar-refractivity contribution < 1.29 is 18.9 Å². The average molecular weight is 428 g/mol. The van der Waals surface area contributed by atoms with Crippen LogP contribution in [0.1, 0.15) is 38.5 Å². The molecule has 0 radical (unpaired) electrons. The van der Waals surface area contributed by atoms with Crippen LogP contribution in [0.2, 0.25) is 0 Å². The first-order chi connectivity index (χ1) is 14.9. The van der Waals surface area contributed by atoms with Crippen molar-refractivity contribution >= 4 is 34.6 Å². The van der Waals surface area contributed by atoms with E-state index in [0.717, 1.165) is 32.1 Å². The van der Waals surface area contributed by atoms with Crippen molar-refractivity contribution in [3.8, 4) is 0 Å². The third-order valence-corrected chi connectivity index (χ3v) is 5.25. The third-order valence-electron chi connectivity index (χ3n) is 5.25. The molecule has 2 aromatic rings. The molecule has 2 aromatic carbocycles. The van der Waals surface area contributed by atoms with E-state index in [9.17, 15) is 24.1 Å². The number of hydrogen-bond donors (Lipinski definition) is 3. The molecule has 3 N–H and O–H groups in total. The van der Waals surface area contributed by atoms with E-state index in [0.29, 0.717) is 11.4 Å². The topological polar surface area (TPSA) is 113 Å². The van der Waals surface area contributed by atoms with Gasteiger partial charge in [-0.3, -0.25) is 19.7 Å². The zero-order valence-corrected chi connectivity index (χ0v) is 17.0. The number of para-hydroxylation sites is 2. The van der Waals surface area contributed by atoms with Crippen molar-refractivity contribution in [1.29, 1.82) is 0 Å². The minimum Gasteiger partial charge on any atom is -0.379 e. The van der Waals surface area contributed by atoms with E-state index < -0.39 is 10.7 Å². The Labute approximate surface area is 179 Å². The summed E-state index contributed by atoms with van der Waals surface area (Å²) < 4.78 is 14.1. The number of amides is 2. The van der Waals surface area contributed by atoms with Gasteiger partial charge >= 0.3 is 0 Å². The van der Waals surface area contributed by atoms with E-state index in [1.165, 1.54) is 24.3 Å². The van der Waals surface area contributed by atoms with Gasteiger partial charge < -0.3 is 16.0 Å². The summed E-state index contributed by atoms with van der Waals surface area (Å²) in [5.74, 6) is -1.22. The second-order valence-electron chi connectivity index (χ2n) is 7.52. The SMILES string of the molecule is O=C(CCNc1ccccc1[N+](=O)[O-])Nc1ccc(F)c(NC(=O)C2CCCCC2)c1. The van der Waals surface area contributed by atoms with Gasteiger partial charge in [0.25, 0.3) is 5.69 Å². The maximum absolute atomic E-state index is 14.1. The van der Waals surface area contributed by atoms with E-state index in [4.69, 9.17) is 0 Å². The lowest BCUT2D eigenvalue weighted by Crippen LogP contribution is -2.25. The number of rotatable bonds is 8. The largest absolute Gasteiger partial charge is 0.379 e. The second-order valence-corrected chi connectivity index (χ2v) is 7.52. The van der Waals surface area contributed by atoms with Crippen LogP contribution in [-0.4, -0.2) is 23.3 Å². The van der Waals surface area contributed by atoms with Gasteiger partial charge in [0.15, 0.2) is 0 Å². The maximum atomic E-state index is 14.1. The number of anilines is 3. The van der Waals surface area contributed by atoms with Gasteiger partial charge in [-0.05, 0) is 37.1 Å². The summed E-state index contributed by atoms with van der Waals surface area (Å²) in [5.41, 5.74) is 0.650. The molecular weight excluding hydrogens is 403 g/mol. The first-order valence-electron chi connectivity index (χ1n) is 10.3. The summed E-state index contributed by atoms with van der Waals surface area (Å²) >= 11 is 0. The lowest BCUT2D eigenvalue weighted by Gasteiger charge is -2.21. The number of halogens is 1. The number of carbonyl (C=O) groups excluding carboxylic acids is 2. The van der Waals surface area contributed by atoms with Crippen molar-refractivity contribution in [2.75, 3.05) is 22.5 Å². The number of nitrogens with zero attached hydrogens (tertiary/aromatic N) is 1. The first-order valence-corrected chi connectivity index (χ1v) is 10.3. The number of nitro benzene ring substituents is 1. The Morgan fingerprint density at radius 1 is 1.03 bits per heavy atom. The highest BCUT2D eigenvalue weighted by Gasteiger charge is 2.22. The van der Waals surface area contributed by atoms with Gasteiger partial charge in [0.1, 0.15) is 11.5 Å². The van der Waals surface area contributed by atoms with Crippen molar-refractivity contribution in [3.63, 3.8) is 0 Å². The summed E-state index contributed by atoms with van der Waals surface area (Å²) in [4.78, 5) is 35.1. The summed E-state index contributed by atoms with van der Waals surface area (Å²) in [6.07, 6.45) is 4.76. The first kappa shape index (κ1) is 22.2. The molecule has 1 aliphatic rings. The smallest absolute Gasteiger partial charge is 0.292 e. The average Bonchev–Trinajstić information content (AvgIpc) is 2.77. The molecule has 0 aromatic heterocycles. The molecule has 1 aliphatic carbocycles. The monoisotopic (exact) mass is 428 g/mol. The number of benzene rings is 2. The predicted octanol–water partition coefficient (Wildman–Crippen LogP) is 4.69. The Balaban J connectivity index is 1.53. The van der Waals surface area contributed by atoms with Crippen molar-refractivity contribution in [2.45, 2.75) is 38.5 Å². The predicted molar refractivity (Wildman–Crippen MR) is 116 cm³/mol.